The average molecular weight is 342 g/mol. The van der Waals surface area contributed by atoms with E-state index in [1.165, 1.54) is 20.0 Å². The van der Waals surface area contributed by atoms with E-state index in [1.807, 2.05) is 0 Å². The van der Waals surface area contributed by atoms with Gasteiger partial charge < -0.3 is 19.3 Å². The van der Waals surface area contributed by atoms with Gasteiger partial charge in [0, 0.05) is 26.5 Å². The molecule has 1 saturated heterocycles. The topological polar surface area (TPSA) is 137 Å². The molecule has 1 aliphatic rings. The van der Waals surface area contributed by atoms with Crippen LogP contribution in [0.1, 0.15) is 32.1 Å². The van der Waals surface area contributed by atoms with E-state index in [0.717, 1.165) is 4.57 Å². The van der Waals surface area contributed by atoms with Crippen molar-refractivity contribution in [2.45, 2.75) is 45.3 Å². The van der Waals surface area contributed by atoms with E-state index < -0.39 is 48.2 Å². The van der Waals surface area contributed by atoms with Gasteiger partial charge in [-0.25, -0.2) is 4.79 Å². The van der Waals surface area contributed by atoms with Crippen LogP contribution in [0.5, 0.6) is 0 Å². The first kappa shape index (κ1) is 17.9. The lowest BCUT2D eigenvalue weighted by atomic mass is 10.2. The van der Waals surface area contributed by atoms with Crippen molar-refractivity contribution < 1.29 is 28.9 Å². The van der Waals surface area contributed by atoms with E-state index in [9.17, 15) is 19.2 Å². The van der Waals surface area contributed by atoms with Crippen molar-refractivity contribution in [3.05, 3.63) is 32.6 Å². The number of carbonyl (C=O) groups is 2. The average Bonchev–Trinajstić information content (AvgIpc) is 2.87. The number of esters is 2. The Balaban J connectivity index is 2.25. The van der Waals surface area contributed by atoms with Gasteiger partial charge in [0.1, 0.15) is 25.0 Å². The van der Waals surface area contributed by atoms with Crippen molar-refractivity contribution in [2.24, 2.45) is 0 Å². The smallest absolute Gasteiger partial charge is 0.330 e. The number of aliphatic hydroxyl groups excluding tert-OH is 1. The number of aromatic nitrogens is 2. The van der Waals surface area contributed by atoms with E-state index in [1.54, 1.807) is 0 Å². The molecular weight excluding hydrogens is 324 g/mol. The molecule has 0 radical (unpaired) electrons. The second-order valence-electron chi connectivity index (χ2n) is 5.29. The molecule has 10 heteroatoms. The van der Waals surface area contributed by atoms with Crippen LogP contribution < -0.4 is 11.2 Å². The summed E-state index contributed by atoms with van der Waals surface area (Å²) in [5, 5.41) is 9.14. The van der Waals surface area contributed by atoms with Gasteiger partial charge in [-0.15, -0.1) is 0 Å². The van der Waals surface area contributed by atoms with Gasteiger partial charge in [0.2, 0.25) is 0 Å². The van der Waals surface area contributed by atoms with Gasteiger partial charge in [-0.2, -0.15) is 0 Å². The maximum atomic E-state index is 11.9. The molecule has 1 aromatic heterocycles. The predicted molar refractivity (Wildman–Crippen MR) is 78.0 cm³/mol. The Bertz CT molecular complexity index is 737. The summed E-state index contributed by atoms with van der Waals surface area (Å²) in [5.41, 5.74) is -1.42. The first-order chi connectivity index (χ1) is 11.3. The minimum atomic E-state index is -0.843. The lowest BCUT2D eigenvalue weighted by Gasteiger charge is -2.17. The number of aromatic amines is 1. The SMILES string of the molecule is CC(=O)OC[C@H]1O[C@@H](n2cc(CO)c(=O)[nH]c2=O)C[C@@H]1OC(C)=O. The van der Waals surface area contributed by atoms with Gasteiger partial charge >= 0.3 is 17.6 Å². The summed E-state index contributed by atoms with van der Waals surface area (Å²) in [6.45, 7) is 1.76. The summed E-state index contributed by atoms with van der Waals surface area (Å²) >= 11 is 0. The van der Waals surface area contributed by atoms with Crippen molar-refractivity contribution >= 4 is 11.9 Å². The first-order valence-electron chi connectivity index (χ1n) is 7.23. The number of hydrogen-bond donors (Lipinski definition) is 2. The van der Waals surface area contributed by atoms with E-state index >= 15 is 0 Å². The fraction of sp³-hybridized carbons (Fsp3) is 0.571. The molecule has 0 aliphatic carbocycles. The molecule has 1 aliphatic heterocycles. The Morgan fingerprint density at radius 3 is 2.67 bits per heavy atom. The second-order valence-corrected chi connectivity index (χ2v) is 5.29. The maximum Gasteiger partial charge on any atom is 0.330 e. The molecular formula is C14H18N2O8. The van der Waals surface area contributed by atoms with Crippen LogP contribution in [0.15, 0.2) is 15.8 Å². The first-order valence-corrected chi connectivity index (χ1v) is 7.23. The van der Waals surface area contributed by atoms with Crippen LogP contribution in [0.4, 0.5) is 0 Å². The Labute approximate surface area is 136 Å². The molecule has 2 N–H and O–H groups in total. The highest BCUT2D eigenvalue weighted by molar-refractivity contribution is 5.66. The van der Waals surface area contributed by atoms with Crippen LogP contribution in [-0.4, -0.2) is 45.4 Å². The summed E-state index contributed by atoms with van der Waals surface area (Å²) < 4.78 is 16.7. The predicted octanol–water partition coefficient (Wildman–Crippen LogP) is -1.19. The van der Waals surface area contributed by atoms with Crippen molar-refractivity contribution in [3.63, 3.8) is 0 Å². The van der Waals surface area contributed by atoms with Gasteiger partial charge in [0.05, 0.1) is 12.2 Å². The molecule has 24 heavy (non-hydrogen) atoms. The molecule has 0 bridgehead atoms. The Hall–Kier alpha value is -2.46. The monoisotopic (exact) mass is 342 g/mol. The zero-order valence-electron chi connectivity index (χ0n) is 13.2. The number of H-pyrrole nitrogens is 1. The molecule has 132 valence electrons. The fourth-order valence-electron chi connectivity index (χ4n) is 2.41. The third-order valence-corrected chi connectivity index (χ3v) is 3.47. The van der Waals surface area contributed by atoms with E-state index in [4.69, 9.17) is 19.3 Å². The molecule has 0 saturated carbocycles. The third-order valence-electron chi connectivity index (χ3n) is 3.47. The second kappa shape index (κ2) is 7.41. The fourth-order valence-corrected chi connectivity index (χ4v) is 2.41. The minimum Gasteiger partial charge on any atom is -0.463 e. The third kappa shape index (κ3) is 4.09. The number of carbonyl (C=O) groups excluding carboxylic acids is 2. The van der Waals surface area contributed by atoms with Crippen LogP contribution in [0.25, 0.3) is 0 Å². The number of nitrogens with zero attached hydrogens (tertiary/aromatic N) is 1. The van der Waals surface area contributed by atoms with E-state index in [0.29, 0.717) is 0 Å². The summed E-state index contributed by atoms with van der Waals surface area (Å²) in [6.07, 6.45) is -1.00. The lowest BCUT2D eigenvalue weighted by molar-refractivity contribution is -0.155. The Kier molecular flexibility index (Phi) is 5.52. The van der Waals surface area contributed by atoms with Crippen LogP contribution in [-0.2, 0) is 30.4 Å². The standard InChI is InChI=1S/C14H18N2O8/c1-7(18)22-6-11-10(23-8(2)19)3-12(24-11)16-4-9(5-17)13(20)15-14(16)21/h4,10-12,17H,3,5-6H2,1-2H3,(H,15,20,21)/t10-,11+,12+/m0/s1. The van der Waals surface area contributed by atoms with Crippen LogP contribution >= 0.6 is 0 Å². The Morgan fingerprint density at radius 2 is 2.08 bits per heavy atom. The largest absolute Gasteiger partial charge is 0.463 e. The van der Waals surface area contributed by atoms with Crippen molar-refractivity contribution in [3.8, 4) is 0 Å². The molecule has 0 amide bonds. The van der Waals surface area contributed by atoms with Crippen molar-refractivity contribution in [1.29, 1.82) is 0 Å². The highest BCUT2D eigenvalue weighted by atomic mass is 16.6. The van der Waals surface area contributed by atoms with Gasteiger partial charge in [0.25, 0.3) is 5.56 Å². The molecule has 0 unspecified atom stereocenters. The number of nitrogens with one attached hydrogen (secondary N) is 1. The molecule has 10 nitrogen and oxygen atoms in total. The van der Waals surface area contributed by atoms with Crippen molar-refractivity contribution in [1.82, 2.24) is 9.55 Å². The molecule has 1 aromatic rings. The van der Waals surface area contributed by atoms with E-state index in [-0.39, 0.29) is 18.6 Å². The van der Waals surface area contributed by atoms with Gasteiger partial charge in [-0.3, -0.25) is 23.9 Å². The van der Waals surface area contributed by atoms with Gasteiger partial charge in [-0.05, 0) is 0 Å². The lowest BCUT2D eigenvalue weighted by Crippen LogP contribution is -2.34. The summed E-state index contributed by atoms with van der Waals surface area (Å²) in [5.74, 6) is -1.06. The highest BCUT2D eigenvalue weighted by Gasteiger charge is 2.39. The molecule has 2 heterocycles. The number of ether oxygens (including phenoxy) is 3. The summed E-state index contributed by atoms with van der Waals surface area (Å²) in [6, 6.07) is 0. The molecule has 0 spiro atoms. The molecule has 1 fully saturated rings. The Morgan fingerprint density at radius 1 is 1.38 bits per heavy atom. The zero-order valence-corrected chi connectivity index (χ0v) is 13.2. The number of aliphatic hydroxyl groups is 1. The van der Waals surface area contributed by atoms with Crippen molar-refractivity contribution in [2.75, 3.05) is 6.61 Å². The highest BCUT2D eigenvalue weighted by Crippen LogP contribution is 2.30. The zero-order chi connectivity index (χ0) is 17.9. The van der Waals surface area contributed by atoms with Gasteiger partial charge in [-0.1, -0.05) is 0 Å². The normalized spacial score (nSPS) is 23.0. The maximum absolute atomic E-state index is 11.9. The minimum absolute atomic E-state index is 0.00864. The van der Waals surface area contributed by atoms with Crippen LogP contribution in [0.3, 0.4) is 0 Å². The van der Waals surface area contributed by atoms with E-state index in [2.05, 4.69) is 4.98 Å². The summed E-state index contributed by atoms with van der Waals surface area (Å²) in [4.78, 5) is 47.7. The molecule has 3 atom stereocenters. The molecule has 0 aromatic carbocycles. The number of hydrogen-bond acceptors (Lipinski definition) is 8. The van der Waals surface area contributed by atoms with Crippen LogP contribution in [0, 0.1) is 0 Å². The molecule has 2 rings (SSSR count). The van der Waals surface area contributed by atoms with Gasteiger partial charge in [0.15, 0.2) is 0 Å². The quantitative estimate of drug-likeness (QED) is 0.637. The number of rotatable bonds is 5. The summed E-state index contributed by atoms with van der Waals surface area (Å²) in [7, 11) is 0. The van der Waals surface area contributed by atoms with Crippen LogP contribution in [0.2, 0.25) is 0 Å².